The Labute approximate surface area is 96.5 Å². The van der Waals surface area contributed by atoms with Gasteiger partial charge in [0.15, 0.2) is 0 Å². The van der Waals surface area contributed by atoms with Crippen molar-refractivity contribution in [3.63, 3.8) is 0 Å². The van der Waals surface area contributed by atoms with Crippen LogP contribution in [0.4, 0.5) is 0 Å². The van der Waals surface area contributed by atoms with Gasteiger partial charge in [-0.15, -0.1) is 0 Å². The minimum Gasteiger partial charge on any atom is -0.0882 e. The molecular weight excluding hydrogens is 180 g/mol. The van der Waals surface area contributed by atoms with E-state index in [9.17, 15) is 0 Å². The highest BCUT2D eigenvalue weighted by Gasteiger charge is 1.85. The molecule has 0 aromatic carbocycles. The van der Waals surface area contributed by atoms with Crippen LogP contribution in [0.15, 0.2) is 24.3 Å². The average molecular weight is 207 g/mol. The Hall–Kier alpha value is -0.520. The summed E-state index contributed by atoms with van der Waals surface area (Å²) < 4.78 is 0. The van der Waals surface area contributed by atoms with Gasteiger partial charge in [0.05, 0.1) is 0 Å². The van der Waals surface area contributed by atoms with Crippen molar-refractivity contribution in [2.75, 3.05) is 0 Å². The fraction of sp³-hybridized carbons (Fsp3) is 0.667. The van der Waals surface area contributed by atoms with Crippen LogP contribution < -0.4 is 0 Å². The molecule has 0 spiro atoms. The van der Waals surface area contributed by atoms with Crippen LogP contribution in [0.3, 0.4) is 0 Å². The van der Waals surface area contributed by atoms with Gasteiger partial charge in [0, 0.05) is 0 Å². The first-order chi connectivity index (χ1) is 7.41. The Morgan fingerprint density at radius 1 is 0.800 bits per heavy atom. The zero-order valence-corrected chi connectivity index (χ0v) is 10.4. The van der Waals surface area contributed by atoms with Crippen LogP contribution in [0.1, 0.15) is 64.7 Å². The lowest BCUT2D eigenvalue weighted by Crippen LogP contribution is -1.75. The Morgan fingerprint density at radius 2 is 1.47 bits per heavy atom. The minimum atomic E-state index is 1.10. The smallest absolute Gasteiger partial charge is 0.0169 e. The standard InChI is InChI=1S/C15H27/c1-3-5-7-9-11-13-15-14-12-10-8-6-4-2/h8,10,14-15H,1,3-7,9,11-13H2,2H3/b10-8-,15-14-. The molecule has 0 fully saturated rings. The first kappa shape index (κ1) is 14.5. The molecule has 0 rings (SSSR count). The molecule has 0 aromatic heterocycles. The summed E-state index contributed by atoms with van der Waals surface area (Å²) in [7, 11) is 0. The van der Waals surface area contributed by atoms with Crippen molar-refractivity contribution >= 4 is 0 Å². The van der Waals surface area contributed by atoms with Gasteiger partial charge in [-0.3, -0.25) is 0 Å². The van der Waals surface area contributed by atoms with E-state index in [1.165, 1.54) is 44.9 Å². The quantitative estimate of drug-likeness (QED) is 0.329. The van der Waals surface area contributed by atoms with Crippen LogP contribution in [-0.2, 0) is 0 Å². The van der Waals surface area contributed by atoms with E-state index in [1.807, 2.05) is 0 Å². The first-order valence-corrected chi connectivity index (χ1v) is 6.51. The number of hydrogen-bond acceptors (Lipinski definition) is 0. The predicted octanol–water partition coefficient (Wildman–Crippen LogP) is 5.46. The van der Waals surface area contributed by atoms with Gasteiger partial charge in [0.25, 0.3) is 0 Å². The molecule has 15 heavy (non-hydrogen) atoms. The van der Waals surface area contributed by atoms with Gasteiger partial charge in [-0.2, -0.15) is 0 Å². The molecule has 0 unspecified atom stereocenters. The molecule has 0 nitrogen and oxygen atoms in total. The molecule has 0 heteroatoms. The van der Waals surface area contributed by atoms with Crippen LogP contribution >= 0.6 is 0 Å². The SMILES string of the molecule is [CH2]CCCCCC/C=C\C/C=C\CCC. The van der Waals surface area contributed by atoms with Crippen LogP contribution in [0.5, 0.6) is 0 Å². The Bertz CT molecular complexity index is 153. The molecule has 0 aliphatic heterocycles. The largest absolute Gasteiger partial charge is 0.0882 e. The molecule has 0 bridgehead atoms. The maximum absolute atomic E-state index is 3.85. The highest BCUT2D eigenvalue weighted by molar-refractivity contribution is 4.92. The van der Waals surface area contributed by atoms with Crippen LogP contribution in [0, 0.1) is 6.92 Å². The summed E-state index contributed by atoms with van der Waals surface area (Å²) >= 11 is 0. The maximum Gasteiger partial charge on any atom is -0.0169 e. The Kier molecular flexibility index (Phi) is 13.0. The summed E-state index contributed by atoms with van der Waals surface area (Å²) in [6.07, 6.45) is 20.4. The third-order valence-electron chi connectivity index (χ3n) is 2.43. The van der Waals surface area contributed by atoms with E-state index < -0.39 is 0 Å². The van der Waals surface area contributed by atoms with Crippen molar-refractivity contribution in [3.05, 3.63) is 31.2 Å². The summed E-state index contributed by atoms with van der Waals surface area (Å²) in [6.45, 7) is 6.06. The van der Waals surface area contributed by atoms with E-state index in [4.69, 9.17) is 0 Å². The highest BCUT2D eigenvalue weighted by Crippen LogP contribution is 2.05. The molecule has 0 saturated carbocycles. The Balaban J connectivity index is 3.10. The van der Waals surface area contributed by atoms with E-state index in [0.717, 1.165) is 12.8 Å². The molecule has 0 saturated heterocycles. The molecule has 0 heterocycles. The van der Waals surface area contributed by atoms with Crippen molar-refractivity contribution in [3.8, 4) is 0 Å². The molecule has 0 aliphatic carbocycles. The molecule has 0 N–H and O–H groups in total. The number of rotatable bonds is 10. The van der Waals surface area contributed by atoms with Crippen LogP contribution in [-0.4, -0.2) is 0 Å². The summed E-state index contributed by atoms with van der Waals surface area (Å²) in [5, 5.41) is 0. The number of allylic oxidation sites excluding steroid dienone is 4. The second-order valence-electron chi connectivity index (χ2n) is 4.02. The molecule has 0 atom stereocenters. The van der Waals surface area contributed by atoms with Gasteiger partial charge >= 0.3 is 0 Å². The zero-order valence-electron chi connectivity index (χ0n) is 10.4. The van der Waals surface area contributed by atoms with Crippen molar-refractivity contribution in [2.24, 2.45) is 0 Å². The molecule has 0 aromatic rings. The summed E-state index contributed by atoms with van der Waals surface area (Å²) in [6, 6.07) is 0. The summed E-state index contributed by atoms with van der Waals surface area (Å²) in [5.41, 5.74) is 0. The average Bonchev–Trinajstić information content (AvgIpc) is 2.26. The second kappa shape index (κ2) is 13.5. The van der Waals surface area contributed by atoms with Gasteiger partial charge in [-0.05, 0) is 25.7 Å². The third kappa shape index (κ3) is 13.5. The maximum atomic E-state index is 3.85. The van der Waals surface area contributed by atoms with Crippen molar-refractivity contribution in [1.29, 1.82) is 0 Å². The van der Waals surface area contributed by atoms with Gasteiger partial charge in [0.2, 0.25) is 0 Å². The molecular formula is C15H27. The lowest BCUT2D eigenvalue weighted by Gasteiger charge is -1.95. The van der Waals surface area contributed by atoms with Crippen molar-refractivity contribution < 1.29 is 0 Å². The normalized spacial score (nSPS) is 11.9. The summed E-state index contributed by atoms with van der Waals surface area (Å²) in [4.78, 5) is 0. The van der Waals surface area contributed by atoms with Crippen molar-refractivity contribution in [2.45, 2.75) is 64.7 Å². The second-order valence-corrected chi connectivity index (χ2v) is 4.02. The predicted molar refractivity (Wildman–Crippen MR) is 70.9 cm³/mol. The van der Waals surface area contributed by atoms with Crippen LogP contribution in [0.2, 0.25) is 0 Å². The fourth-order valence-electron chi connectivity index (χ4n) is 1.47. The van der Waals surface area contributed by atoms with Gasteiger partial charge < -0.3 is 0 Å². The van der Waals surface area contributed by atoms with E-state index in [-0.39, 0.29) is 0 Å². The lowest BCUT2D eigenvalue weighted by atomic mass is 10.1. The molecule has 87 valence electrons. The van der Waals surface area contributed by atoms with E-state index >= 15 is 0 Å². The minimum absolute atomic E-state index is 1.10. The van der Waals surface area contributed by atoms with E-state index in [1.54, 1.807) is 0 Å². The molecule has 0 aliphatic rings. The van der Waals surface area contributed by atoms with Gasteiger partial charge in [-0.25, -0.2) is 0 Å². The van der Waals surface area contributed by atoms with Gasteiger partial charge in [0.1, 0.15) is 0 Å². The molecule has 0 amide bonds. The van der Waals surface area contributed by atoms with Crippen molar-refractivity contribution in [1.82, 2.24) is 0 Å². The Morgan fingerprint density at radius 3 is 2.13 bits per heavy atom. The number of unbranched alkanes of at least 4 members (excludes halogenated alkanes) is 6. The lowest BCUT2D eigenvalue weighted by molar-refractivity contribution is 0.651. The summed E-state index contributed by atoms with van der Waals surface area (Å²) in [5.74, 6) is 0. The highest BCUT2D eigenvalue weighted by atomic mass is 13.9. The third-order valence-corrected chi connectivity index (χ3v) is 2.43. The molecule has 1 radical (unpaired) electrons. The fourth-order valence-corrected chi connectivity index (χ4v) is 1.47. The van der Waals surface area contributed by atoms with Crippen LogP contribution in [0.25, 0.3) is 0 Å². The first-order valence-electron chi connectivity index (χ1n) is 6.51. The van der Waals surface area contributed by atoms with Gasteiger partial charge in [-0.1, -0.05) is 70.3 Å². The topological polar surface area (TPSA) is 0 Å². The zero-order chi connectivity index (χ0) is 11.2. The monoisotopic (exact) mass is 207 g/mol. The van der Waals surface area contributed by atoms with E-state index in [0.29, 0.717) is 0 Å². The number of hydrogen-bond donors (Lipinski definition) is 0. The van der Waals surface area contributed by atoms with E-state index in [2.05, 4.69) is 38.2 Å².